The Labute approximate surface area is 106 Å². The van der Waals surface area contributed by atoms with Crippen LogP contribution in [0.2, 0.25) is 0 Å². The van der Waals surface area contributed by atoms with Crippen molar-refractivity contribution in [2.45, 2.75) is 20.8 Å². The molecule has 0 bridgehead atoms. The molecular formula is C15H15NO2. The van der Waals surface area contributed by atoms with Crippen molar-refractivity contribution in [1.82, 2.24) is 4.98 Å². The summed E-state index contributed by atoms with van der Waals surface area (Å²) in [7, 11) is 0. The summed E-state index contributed by atoms with van der Waals surface area (Å²) in [4.78, 5) is 15.6. The zero-order valence-corrected chi connectivity index (χ0v) is 10.7. The van der Waals surface area contributed by atoms with Gasteiger partial charge in [0.05, 0.1) is 0 Å². The third-order valence-electron chi connectivity index (χ3n) is 2.76. The molecule has 0 saturated heterocycles. The number of nitrogens with zero attached hydrogens (tertiary/aromatic N) is 1. The third-order valence-corrected chi connectivity index (χ3v) is 2.76. The maximum absolute atomic E-state index is 11.2. The fourth-order valence-corrected chi connectivity index (χ4v) is 1.55. The number of hydrogen-bond acceptors (Lipinski definition) is 3. The first kappa shape index (κ1) is 12.3. The second-order valence-corrected chi connectivity index (χ2v) is 4.21. The summed E-state index contributed by atoms with van der Waals surface area (Å²) in [6.07, 6.45) is 1.76. The molecule has 0 radical (unpaired) electrons. The molecule has 1 aromatic carbocycles. The van der Waals surface area contributed by atoms with Crippen molar-refractivity contribution in [3.8, 4) is 11.5 Å². The van der Waals surface area contributed by atoms with Crippen LogP contribution in [0.4, 0.5) is 0 Å². The molecule has 0 saturated carbocycles. The number of oxazole rings is 1. The minimum Gasteiger partial charge on any atom is -0.441 e. The molecule has 0 fully saturated rings. The second kappa shape index (κ2) is 5.00. The summed E-state index contributed by atoms with van der Waals surface area (Å²) in [5.41, 5.74) is 2.31. The van der Waals surface area contributed by atoms with Gasteiger partial charge in [-0.2, -0.15) is 0 Å². The summed E-state index contributed by atoms with van der Waals surface area (Å²) < 4.78 is 5.61. The minimum atomic E-state index is 0.0404. The van der Waals surface area contributed by atoms with Gasteiger partial charge in [-0.1, -0.05) is 18.2 Å². The van der Waals surface area contributed by atoms with Crippen LogP contribution in [0.3, 0.4) is 0 Å². The average Bonchev–Trinajstić information content (AvgIpc) is 2.72. The molecule has 0 atom stereocenters. The van der Waals surface area contributed by atoms with Crippen molar-refractivity contribution in [2.75, 3.05) is 0 Å². The maximum atomic E-state index is 11.2. The van der Waals surface area contributed by atoms with Crippen molar-refractivity contribution in [1.29, 1.82) is 0 Å². The number of carbonyl (C=O) groups is 1. The summed E-state index contributed by atoms with van der Waals surface area (Å²) in [5, 5.41) is 0. The van der Waals surface area contributed by atoms with Crippen LogP contribution in [0.15, 0.2) is 40.3 Å². The molecule has 0 aliphatic heterocycles. The molecule has 1 heterocycles. The number of aryl methyl sites for hydroxylation is 1. The van der Waals surface area contributed by atoms with Gasteiger partial charge in [-0.15, -0.1) is 0 Å². The van der Waals surface area contributed by atoms with Gasteiger partial charge in [0.2, 0.25) is 5.89 Å². The second-order valence-electron chi connectivity index (χ2n) is 4.21. The monoisotopic (exact) mass is 241 g/mol. The van der Waals surface area contributed by atoms with E-state index in [9.17, 15) is 4.79 Å². The quantitative estimate of drug-likeness (QED) is 0.770. The Bertz CT molecular complexity index is 594. The van der Waals surface area contributed by atoms with Crippen LogP contribution < -0.4 is 0 Å². The van der Waals surface area contributed by atoms with E-state index in [1.165, 1.54) is 0 Å². The molecule has 0 unspecified atom stereocenters. The summed E-state index contributed by atoms with van der Waals surface area (Å²) in [6, 6.07) is 9.70. The molecule has 3 nitrogen and oxygen atoms in total. The highest BCUT2D eigenvalue weighted by Crippen LogP contribution is 2.22. The van der Waals surface area contributed by atoms with Gasteiger partial charge < -0.3 is 4.42 Å². The van der Waals surface area contributed by atoms with E-state index >= 15 is 0 Å². The smallest absolute Gasteiger partial charge is 0.226 e. The summed E-state index contributed by atoms with van der Waals surface area (Å²) in [6.45, 7) is 5.16. The first-order valence-electron chi connectivity index (χ1n) is 5.80. The molecule has 2 rings (SSSR count). The topological polar surface area (TPSA) is 43.1 Å². The predicted molar refractivity (Wildman–Crippen MR) is 71.0 cm³/mol. The summed E-state index contributed by atoms with van der Waals surface area (Å²) >= 11 is 0. The van der Waals surface area contributed by atoms with E-state index in [0.29, 0.717) is 17.2 Å². The van der Waals surface area contributed by atoms with Crippen LogP contribution in [0.5, 0.6) is 0 Å². The number of hydrogen-bond donors (Lipinski definition) is 0. The Morgan fingerprint density at radius 2 is 1.89 bits per heavy atom. The van der Waals surface area contributed by atoms with E-state index in [2.05, 4.69) is 4.98 Å². The van der Waals surface area contributed by atoms with Gasteiger partial charge >= 0.3 is 0 Å². The molecule has 92 valence electrons. The van der Waals surface area contributed by atoms with E-state index in [1.807, 2.05) is 37.3 Å². The molecule has 0 aliphatic carbocycles. The Hall–Kier alpha value is -2.16. The molecule has 0 spiro atoms. The predicted octanol–water partition coefficient (Wildman–Crippen LogP) is 3.64. The van der Waals surface area contributed by atoms with Crippen molar-refractivity contribution in [3.05, 3.63) is 47.4 Å². The van der Waals surface area contributed by atoms with Crippen molar-refractivity contribution < 1.29 is 9.21 Å². The number of carbonyl (C=O) groups excluding carboxylic acids is 1. The molecule has 1 aromatic heterocycles. The normalized spacial score (nSPS) is 11.6. The molecular weight excluding hydrogens is 226 g/mol. The van der Waals surface area contributed by atoms with Crippen molar-refractivity contribution in [3.63, 3.8) is 0 Å². The lowest BCUT2D eigenvalue weighted by Gasteiger charge is -1.92. The van der Waals surface area contributed by atoms with Gasteiger partial charge in [-0.3, -0.25) is 4.79 Å². The van der Waals surface area contributed by atoms with E-state index in [0.717, 1.165) is 11.3 Å². The van der Waals surface area contributed by atoms with Gasteiger partial charge in [-0.25, -0.2) is 4.98 Å². The zero-order chi connectivity index (χ0) is 13.1. The van der Waals surface area contributed by atoms with Crippen LogP contribution in [-0.4, -0.2) is 10.8 Å². The Balaban J connectivity index is 2.39. The number of benzene rings is 1. The maximum Gasteiger partial charge on any atom is 0.226 e. The van der Waals surface area contributed by atoms with E-state index < -0.39 is 0 Å². The van der Waals surface area contributed by atoms with Gasteiger partial charge in [0.1, 0.15) is 11.5 Å². The molecule has 3 heteroatoms. The highest BCUT2D eigenvalue weighted by atomic mass is 16.4. The van der Waals surface area contributed by atoms with Gasteiger partial charge in [0.15, 0.2) is 5.78 Å². The minimum absolute atomic E-state index is 0.0404. The number of aromatic nitrogens is 1. The first-order chi connectivity index (χ1) is 8.58. The Morgan fingerprint density at radius 1 is 1.22 bits per heavy atom. The number of rotatable bonds is 3. The van der Waals surface area contributed by atoms with Crippen LogP contribution in [0.1, 0.15) is 25.3 Å². The third kappa shape index (κ3) is 2.56. The number of ketones is 1. The highest BCUT2D eigenvalue weighted by molar-refractivity contribution is 5.96. The van der Waals surface area contributed by atoms with Crippen LogP contribution >= 0.6 is 0 Å². The average molecular weight is 241 g/mol. The molecule has 18 heavy (non-hydrogen) atoms. The van der Waals surface area contributed by atoms with E-state index in [-0.39, 0.29) is 5.78 Å². The van der Waals surface area contributed by atoms with Gasteiger partial charge in [0.25, 0.3) is 0 Å². The van der Waals surface area contributed by atoms with Gasteiger partial charge in [0, 0.05) is 5.56 Å². The lowest BCUT2D eigenvalue weighted by molar-refractivity contribution is -0.113. The molecule has 0 amide bonds. The lowest BCUT2D eigenvalue weighted by Crippen LogP contribution is -1.91. The molecule has 0 N–H and O–H groups in total. The Morgan fingerprint density at radius 3 is 2.50 bits per heavy atom. The molecule has 0 aliphatic rings. The summed E-state index contributed by atoms with van der Waals surface area (Å²) in [5.74, 6) is 1.34. The first-order valence-corrected chi connectivity index (χ1v) is 5.80. The van der Waals surface area contributed by atoms with Crippen molar-refractivity contribution in [2.24, 2.45) is 0 Å². The fraction of sp³-hybridized carbons (Fsp3) is 0.200. The standard InChI is InChI=1S/C15H15NO2/c1-10(11(2)17)9-14-12(3)18-15(16-14)13-7-5-4-6-8-13/h4-9H,1-3H3/b10-9-. The van der Waals surface area contributed by atoms with Crippen LogP contribution in [-0.2, 0) is 4.79 Å². The van der Waals surface area contributed by atoms with Crippen LogP contribution in [0, 0.1) is 6.92 Å². The molecule has 2 aromatic rings. The fourth-order valence-electron chi connectivity index (χ4n) is 1.55. The Kier molecular flexibility index (Phi) is 3.42. The SMILES string of the molecule is CC(=O)/C(C)=C\c1nc(-c2ccccc2)oc1C. The highest BCUT2D eigenvalue weighted by Gasteiger charge is 2.10. The largest absolute Gasteiger partial charge is 0.441 e. The van der Waals surface area contributed by atoms with Crippen LogP contribution in [0.25, 0.3) is 17.5 Å². The number of allylic oxidation sites excluding steroid dienone is 1. The zero-order valence-electron chi connectivity index (χ0n) is 10.7. The van der Waals surface area contributed by atoms with Gasteiger partial charge in [-0.05, 0) is 44.6 Å². The van der Waals surface area contributed by atoms with E-state index in [4.69, 9.17) is 4.42 Å². The lowest BCUT2D eigenvalue weighted by atomic mass is 10.1. The number of Topliss-reactive ketones (excluding diaryl/α,β-unsaturated/α-hetero) is 1. The van der Waals surface area contributed by atoms with Crippen molar-refractivity contribution >= 4 is 11.9 Å². The van der Waals surface area contributed by atoms with E-state index in [1.54, 1.807) is 19.9 Å².